The molecule has 0 unspecified atom stereocenters. The van der Waals surface area contributed by atoms with Gasteiger partial charge in [-0.2, -0.15) is 0 Å². The number of aromatic nitrogens is 1. The SMILES string of the molecule is [C-]#[N+]Cc1ocnc1C(=O)OC. The van der Waals surface area contributed by atoms with Gasteiger partial charge in [-0.25, -0.2) is 16.4 Å². The van der Waals surface area contributed by atoms with Crippen molar-refractivity contribution < 1.29 is 13.9 Å². The molecule has 0 amide bonds. The third kappa shape index (κ3) is 1.42. The van der Waals surface area contributed by atoms with Crippen LogP contribution in [0.15, 0.2) is 10.8 Å². The summed E-state index contributed by atoms with van der Waals surface area (Å²) >= 11 is 0. The summed E-state index contributed by atoms with van der Waals surface area (Å²) in [6, 6.07) is 0. The van der Waals surface area contributed by atoms with Crippen molar-refractivity contribution in [3.63, 3.8) is 0 Å². The van der Waals surface area contributed by atoms with Crippen LogP contribution in [0.2, 0.25) is 0 Å². The van der Waals surface area contributed by atoms with Gasteiger partial charge in [0.2, 0.25) is 5.76 Å². The van der Waals surface area contributed by atoms with Gasteiger partial charge in [0.1, 0.15) is 0 Å². The second kappa shape index (κ2) is 3.53. The average molecular weight is 166 g/mol. The Morgan fingerprint density at radius 2 is 2.67 bits per heavy atom. The lowest BCUT2D eigenvalue weighted by Crippen LogP contribution is -2.04. The maximum atomic E-state index is 10.9. The van der Waals surface area contributed by atoms with Crippen molar-refractivity contribution in [2.75, 3.05) is 7.11 Å². The molecule has 0 aromatic carbocycles. The highest BCUT2D eigenvalue weighted by Gasteiger charge is 2.18. The van der Waals surface area contributed by atoms with E-state index in [-0.39, 0.29) is 18.0 Å². The van der Waals surface area contributed by atoms with Crippen molar-refractivity contribution in [1.29, 1.82) is 0 Å². The molecule has 0 atom stereocenters. The van der Waals surface area contributed by atoms with Crippen molar-refractivity contribution in [2.24, 2.45) is 0 Å². The summed E-state index contributed by atoms with van der Waals surface area (Å²) in [6.45, 7) is 6.56. The van der Waals surface area contributed by atoms with E-state index in [0.717, 1.165) is 6.39 Å². The van der Waals surface area contributed by atoms with Crippen LogP contribution in [0.4, 0.5) is 0 Å². The van der Waals surface area contributed by atoms with Gasteiger partial charge >= 0.3 is 5.97 Å². The molecule has 12 heavy (non-hydrogen) atoms. The van der Waals surface area contributed by atoms with Gasteiger partial charge in [0.05, 0.1) is 7.11 Å². The first-order chi connectivity index (χ1) is 5.79. The van der Waals surface area contributed by atoms with Gasteiger partial charge in [-0.15, -0.1) is 0 Å². The predicted molar refractivity (Wildman–Crippen MR) is 38.1 cm³/mol. The maximum Gasteiger partial charge on any atom is 0.360 e. The lowest BCUT2D eigenvalue weighted by Gasteiger charge is -1.92. The van der Waals surface area contributed by atoms with Crippen LogP contribution in [0.25, 0.3) is 4.85 Å². The molecule has 0 N–H and O–H groups in total. The van der Waals surface area contributed by atoms with E-state index >= 15 is 0 Å². The number of oxazole rings is 1. The summed E-state index contributed by atoms with van der Waals surface area (Å²) < 4.78 is 9.22. The number of nitrogens with zero attached hydrogens (tertiary/aromatic N) is 2. The van der Waals surface area contributed by atoms with E-state index in [2.05, 4.69) is 14.6 Å². The van der Waals surface area contributed by atoms with E-state index in [1.165, 1.54) is 7.11 Å². The van der Waals surface area contributed by atoms with Crippen molar-refractivity contribution in [3.05, 3.63) is 29.3 Å². The molecule has 1 rings (SSSR count). The van der Waals surface area contributed by atoms with Crippen molar-refractivity contribution in [3.8, 4) is 0 Å². The fourth-order valence-electron chi connectivity index (χ4n) is 0.718. The van der Waals surface area contributed by atoms with Crippen LogP contribution in [0, 0.1) is 6.57 Å². The molecular formula is C7H6N2O3. The highest BCUT2D eigenvalue weighted by atomic mass is 16.5. The average Bonchev–Trinajstić information content (AvgIpc) is 2.52. The third-order valence-corrected chi connectivity index (χ3v) is 1.24. The minimum Gasteiger partial charge on any atom is -0.464 e. The number of carbonyl (C=O) groups excluding carboxylic acids is 1. The quantitative estimate of drug-likeness (QED) is 0.483. The molecule has 0 bridgehead atoms. The second-order valence-electron chi connectivity index (χ2n) is 1.93. The van der Waals surface area contributed by atoms with Crippen LogP contribution < -0.4 is 0 Å². The van der Waals surface area contributed by atoms with Gasteiger partial charge in [-0.1, -0.05) is 0 Å². The first-order valence-electron chi connectivity index (χ1n) is 3.13. The molecule has 0 aliphatic carbocycles. The summed E-state index contributed by atoms with van der Waals surface area (Å²) in [4.78, 5) is 17.6. The minimum absolute atomic E-state index is 0.00440. The first-order valence-corrected chi connectivity index (χ1v) is 3.13. The molecule has 1 heterocycles. The van der Waals surface area contributed by atoms with Gasteiger partial charge in [0.25, 0.3) is 6.54 Å². The molecule has 0 spiro atoms. The van der Waals surface area contributed by atoms with Crippen LogP contribution in [-0.4, -0.2) is 18.1 Å². The molecule has 0 fully saturated rings. The number of hydrogen-bond acceptors (Lipinski definition) is 4. The van der Waals surface area contributed by atoms with E-state index < -0.39 is 5.97 Å². The van der Waals surface area contributed by atoms with Crippen LogP contribution in [0.1, 0.15) is 16.2 Å². The zero-order valence-electron chi connectivity index (χ0n) is 6.40. The highest BCUT2D eigenvalue weighted by molar-refractivity contribution is 5.88. The topological polar surface area (TPSA) is 56.7 Å². The molecule has 0 aliphatic heterocycles. The van der Waals surface area contributed by atoms with Crippen LogP contribution in [-0.2, 0) is 11.3 Å². The lowest BCUT2D eigenvalue weighted by atomic mass is 10.3. The smallest absolute Gasteiger partial charge is 0.360 e. The van der Waals surface area contributed by atoms with E-state index in [4.69, 9.17) is 11.0 Å². The van der Waals surface area contributed by atoms with Gasteiger partial charge in [-0.3, -0.25) is 0 Å². The molecule has 62 valence electrons. The van der Waals surface area contributed by atoms with Crippen LogP contribution in [0.3, 0.4) is 0 Å². The fourth-order valence-corrected chi connectivity index (χ4v) is 0.718. The van der Waals surface area contributed by atoms with Crippen molar-refractivity contribution >= 4 is 5.97 Å². The number of esters is 1. The second-order valence-corrected chi connectivity index (χ2v) is 1.93. The summed E-state index contributed by atoms with van der Waals surface area (Å²) in [7, 11) is 1.25. The lowest BCUT2D eigenvalue weighted by molar-refractivity contribution is 0.0592. The Balaban J connectivity index is 2.92. The minimum atomic E-state index is -0.581. The molecule has 1 aromatic heterocycles. The maximum absolute atomic E-state index is 10.9. The number of rotatable bonds is 2. The first kappa shape index (κ1) is 8.27. The Morgan fingerprint density at radius 3 is 3.25 bits per heavy atom. The van der Waals surface area contributed by atoms with Gasteiger partial charge in [0, 0.05) is 0 Å². The summed E-state index contributed by atoms with van der Waals surface area (Å²) in [5.74, 6) is -0.334. The van der Waals surface area contributed by atoms with Crippen LogP contribution >= 0.6 is 0 Å². The van der Waals surface area contributed by atoms with Crippen molar-refractivity contribution in [2.45, 2.75) is 6.54 Å². The Kier molecular flexibility index (Phi) is 2.43. The molecule has 0 aliphatic rings. The summed E-state index contributed by atoms with van der Waals surface area (Å²) in [6.07, 6.45) is 1.12. The largest absolute Gasteiger partial charge is 0.464 e. The Morgan fingerprint density at radius 1 is 1.92 bits per heavy atom. The van der Waals surface area contributed by atoms with Gasteiger partial charge in [-0.05, 0) is 0 Å². The summed E-state index contributed by atoms with van der Waals surface area (Å²) in [5.41, 5.74) is 0.0773. The van der Waals surface area contributed by atoms with Crippen LogP contribution in [0.5, 0.6) is 0 Å². The molecule has 0 saturated carbocycles. The Labute approximate surface area is 68.8 Å². The molecular weight excluding hydrogens is 160 g/mol. The molecule has 1 aromatic rings. The number of ether oxygens (including phenoxy) is 1. The standard InChI is InChI=1S/C7H6N2O3/c1-8-3-5-6(7(10)11-2)9-4-12-5/h4H,3H2,2H3. The zero-order chi connectivity index (χ0) is 8.97. The van der Waals surface area contributed by atoms with Gasteiger partial charge in [0.15, 0.2) is 12.1 Å². The normalized spacial score (nSPS) is 9.00. The monoisotopic (exact) mass is 166 g/mol. The number of carbonyl (C=O) groups is 1. The summed E-state index contributed by atoms with van der Waals surface area (Å²) in [5, 5.41) is 0. The number of hydrogen-bond donors (Lipinski definition) is 0. The number of methoxy groups -OCH3 is 1. The Hall–Kier alpha value is -1.83. The van der Waals surface area contributed by atoms with E-state index in [1.54, 1.807) is 0 Å². The highest BCUT2D eigenvalue weighted by Crippen LogP contribution is 2.08. The van der Waals surface area contributed by atoms with E-state index in [9.17, 15) is 4.79 Å². The molecule has 5 nitrogen and oxygen atoms in total. The van der Waals surface area contributed by atoms with Crippen molar-refractivity contribution in [1.82, 2.24) is 4.98 Å². The fraction of sp³-hybridized carbons (Fsp3) is 0.286. The van der Waals surface area contributed by atoms with Gasteiger partial charge < -0.3 is 14.0 Å². The zero-order valence-corrected chi connectivity index (χ0v) is 6.40. The molecule has 5 heteroatoms. The molecule has 0 radical (unpaired) electrons. The third-order valence-electron chi connectivity index (χ3n) is 1.24. The van der Waals surface area contributed by atoms with E-state index in [0.29, 0.717) is 0 Å². The molecule has 0 saturated heterocycles. The van der Waals surface area contributed by atoms with E-state index in [1.807, 2.05) is 0 Å². The Bertz CT molecular complexity index is 324. The predicted octanol–water partition coefficient (Wildman–Crippen LogP) is 0.880.